The van der Waals surface area contributed by atoms with E-state index in [0.717, 1.165) is 22.4 Å². The number of nitrogens with two attached hydrogens (primary N) is 1. The molecule has 0 aliphatic heterocycles. The van der Waals surface area contributed by atoms with Crippen LogP contribution in [0.4, 0.5) is 5.69 Å². The van der Waals surface area contributed by atoms with Crippen LogP contribution in [0.15, 0.2) is 83.4 Å². The number of ether oxygens (including phenoxy) is 1. The molecular formula is C21H17N3O2. The molecule has 4 rings (SSSR count). The second-order valence-corrected chi connectivity index (χ2v) is 5.85. The normalized spacial score (nSPS) is 10.6. The number of aromatic nitrogens is 2. The van der Waals surface area contributed by atoms with E-state index in [0.29, 0.717) is 24.0 Å². The molecule has 0 aliphatic rings. The van der Waals surface area contributed by atoms with Crippen LogP contribution >= 0.6 is 0 Å². The number of nitrogens with zero attached hydrogens (tertiary/aromatic N) is 2. The monoisotopic (exact) mass is 343 g/mol. The molecule has 0 atom stereocenters. The van der Waals surface area contributed by atoms with Gasteiger partial charge < -0.3 is 15.0 Å². The van der Waals surface area contributed by atoms with Crippen LogP contribution in [0.25, 0.3) is 22.8 Å². The van der Waals surface area contributed by atoms with Gasteiger partial charge in [-0.1, -0.05) is 41.6 Å². The van der Waals surface area contributed by atoms with Crippen molar-refractivity contribution >= 4 is 5.69 Å². The molecule has 128 valence electrons. The van der Waals surface area contributed by atoms with Crippen LogP contribution in [0.1, 0.15) is 5.56 Å². The van der Waals surface area contributed by atoms with Crippen molar-refractivity contribution in [2.24, 2.45) is 0 Å². The summed E-state index contributed by atoms with van der Waals surface area (Å²) in [5.74, 6) is 1.76. The quantitative estimate of drug-likeness (QED) is 0.538. The molecule has 4 aromatic rings. The van der Waals surface area contributed by atoms with E-state index < -0.39 is 0 Å². The van der Waals surface area contributed by atoms with Crippen LogP contribution in [0, 0.1) is 0 Å². The van der Waals surface area contributed by atoms with E-state index in [2.05, 4.69) is 10.1 Å². The van der Waals surface area contributed by atoms with Crippen LogP contribution < -0.4 is 10.5 Å². The topological polar surface area (TPSA) is 74.2 Å². The first-order valence-corrected chi connectivity index (χ1v) is 8.25. The van der Waals surface area contributed by atoms with E-state index in [-0.39, 0.29) is 0 Å². The summed E-state index contributed by atoms with van der Waals surface area (Å²) in [6, 6.07) is 25.0. The summed E-state index contributed by atoms with van der Waals surface area (Å²) in [6.45, 7) is 0.530. The van der Waals surface area contributed by atoms with Crippen molar-refractivity contribution in [3.05, 3.63) is 84.4 Å². The zero-order chi connectivity index (χ0) is 17.8. The average Bonchev–Trinajstić information content (AvgIpc) is 3.18. The van der Waals surface area contributed by atoms with Gasteiger partial charge in [0.15, 0.2) is 0 Å². The molecule has 0 spiro atoms. The first kappa shape index (κ1) is 15.9. The predicted octanol–water partition coefficient (Wildman–Crippen LogP) is 4.56. The number of benzene rings is 3. The fraction of sp³-hybridized carbons (Fsp3) is 0.0476. The summed E-state index contributed by atoms with van der Waals surface area (Å²) in [4.78, 5) is 4.44. The molecule has 1 heterocycles. The van der Waals surface area contributed by atoms with Crippen molar-refractivity contribution in [2.45, 2.75) is 6.61 Å². The van der Waals surface area contributed by atoms with Gasteiger partial charge in [0.25, 0.3) is 5.89 Å². The molecule has 3 aromatic carbocycles. The first-order valence-electron chi connectivity index (χ1n) is 8.25. The molecule has 2 N–H and O–H groups in total. The molecular weight excluding hydrogens is 326 g/mol. The van der Waals surface area contributed by atoms with Gasteiger partial charge in [-0.2, -0.15) is 4.98 Å². The molecule has 0 saturated carbocycles. The van der Waals surface area contributed by atoms with Crippen molar-refractivity contribution in [1.29, 1.82) is 0 Å². The number of rotatable bonds is 5. The minimum Gasteiger partial charge on any atom is -0.489 e. The third-order valence-corrected chi connectivity index (χ3v) is 3.92. The fourth-order valence-corrected chi connectivity index (χ4v) is 2.57. The molecule has 0 saturated heterocycles. The Balaban J connectivity index is 1.47. The van der Waals surface area contributed by atoms with Gasteiger partial charge in [0.05, 0.1) is 0 Å². The highest BCUT2D eigenvalue weighted by Crippen LogP contribution is 2.25. The highest BCUT2D eigenvalue weighted by molar-refractivity contribution is 5.63. The van der Waals surface area contributed by atoms with E-state index in [1.54, 1.807) is 6.07 Å². The highest BCUT2D eigenvalue weighted by Gasteiger charge is 2.11. The smallest absolute Gasteiger partial charge is 0.258 e. The van der Waals surface area contributed by atoms with Crippen LogP contribution in [0.3, 0.4) is 0 Å². The molecule has 0 amide bonds. The summed E-state index contributed by atoms with van der Waals surface area (Å²) in [6.07, 6.45) is 0. The van der Waals surface area contributed by atoms with Gasteiger partial charge in [-0.05, 0) is 48.0 Å². The Morgan fingerprint density at radius 2 is 1.65 bits per heavy atom. The Morgan fingerprint density at radius 1 is 0.846 bits per heavy atom. The second kappa shape index (κ2) is 7.11. The SMILES string of the molecule is Nc1cccc(-c2nc(-c3ccc(OCc4ccccc4)cc3)no2)c1. The first-order chi connectivity index (χ1) is 12.8. The van der Waals surface area contributed by atoms with Crippen molar-refractivity contribution in [1.82, 2.24) is 10.1 Å². The maximum absolute atomic E-state index is 5.80. The third kappa shape index (κ3) is 3.57. The molecule has 0 fully saturated rings. The Kier molecular flexibility index (Phi) is 4.35. The minimum absolute atomic E-state index is 0.441. The summed E-state index contributed by atoms with van der Waals surface area (Å²) < 4.78 is 11.1. The maximum Gasteiger partial charge on any atom is 0.258 e. The van der Waals surface area contributed by atoms with Crippen molar-refractivity contribution in [2.75, 3.05) is 5.73 Å². The molecule has 5 nitrogen and oxygen atoms in total. The molecule has 0 bridgehead atoms. The Hall–Kier alpha value is -3.60. The molecule has 26 heavy (non-hydrogen) atoms. The van der Waals surface area contributed by atoms with Crippen LogP contribution in [-0.2, 0) is 6.61 Å². The Morgan fingerprint density at radius 3 is 2.42 bits per heavy atom. The molecule has 0 aliphatic carbocycles. The van der Waals surface area contributed by atoms with Gasteiger partial charge in [0, 0.05) is 16.8 Å². The van der Waals surface area contributed by atoms with Gasteiger partial charge in [-0.3, -0.25) is 0 Å². The summed E-state index contributed by atoms with van der Waals surface area (Å²) in [7, 11) is 0. The van der Waals surface area contributed by atoms with E-state index in [1.807, 2.05) is 72.8 Å². The van der Waals surface area contributed by atoms with Crippen molar-refractivity contribution in [3.8, 4) is 28.6 Å². The van der Waals surface area contributed by atoms with Gasteiger partial charge in [-0.25, -0.2) is 0 Å². The van der Waals surface area contributed by atoms with Crippen LogP contribution in [-0.4, -0.2) is 10.1 Å². The largest absolute Gasteiger partial charge is 0.489 e. The fourth-order valence-electron chi connectivity index (χ4n) is 2.57. The summed E-state index contributed by atoms with van der Waals surface area (Å²) in [5.41, 5.74) is 9.23. The zero-order valence-corrected chi connectivity index (χ0v) is 14.0. The molecule has 0 radical (unpaired) electrons. The van der Waals surface area contributed by atoms with E-state index in [9.17, 15) is 0 Å². The zero-order valence-electron chi connectivity index (χ0n) is 14.0. The highest BCUT2D eigenvalue weighted by atomic mass is 16.5. The van der Waals surface area contributed by atoms with Gasteiger partial charge >= 0.3 is 0 Å². The van der Waals surface area contributed by atoms with E-state index in [4.69, 9.17) is 15.0 Å². The van der Waals surface area contributed by atoms with E-state index in [1.165, 1.54) is 0 Å². The lowest BCUT2D eigenvalue weighted by Gasteiger charge is -2.06. The van der Waals surface area contributed by atoms with Gasteiger partial charge in [0.2, 0.25) is 5.82 Å². The molecule has 5 heteroatoms. The van der Waals surface area contributed by atoms with Crippen LogP contribution in [0.2, 0.25) is 0 Å². The van der Waals surface area contributed by atoms with E-state index >= 15 is 0 Å². The Labute approximate surface area is 151 Å². The number of nitrogen functional groups attached to an aromatic ring is 1. The lowest BCUT2D eigenvalue weighted by Crippen LogP contribution is -1.94. The lowest BCUT2D eigenvalue weighted by atomic mass is 10.2. The third-order valence-electron chi connectivity index (χ3n) is 3.92. The summed E-state index contributed by atoms with van der Waals surface area (Å²) in [5, 5.41) is 4.05. The van der Waals surface area contributed by atoms with Crippen LogP contribution in [0.5, 0.6) is 5.75 Å². The summed E-state index contributed by atoms with van der Waals surface area (Å²) >= 11 is 0. The lowest BCUT2D eigenvalue weighted by molar-refractivity contribution is 0.306. The predicted molar refractivity (Wildman–Crippen MR) is 100 cm³/mol. The number of hydrogen-bond donors (Lipinski definition) is 1. The van der Waals surface area contributed by atoms with Gasteiger partial charge in [0.1, 0.15) is 12.4 Å². The second-order valence-electron chi connectivity index (χ2n) is 5.85. The van der Waals surface area contributed by atoms with Crippen molar-refractivity contribution in [3.63, 3.8) is 0 Å². The Bertz CT molecular complexity index is 995. The molecule has 1 aromatic heterocycles. The molecule has 0 unspecified atom stereocenters. The van der Waals surface area contributed by atoms with Crippen molar-refractivity contribution < 1.29 is 9.26 Å². The number of hydrogen-bond acceptors (Lipinski definition) is 5. The van der Waals surface area contributed by atoms with Gasteiger partial charge in [-0.15, -0.1) is 0 Å². The number of anilines is 1. The average molecular weight is 343 g/mol. The minimum atomic E-state index is 0.441. The maximum atomic E-state index is 5.80. The standard InChI is InChI=1S/C21H17N3O2/c22-18-8-4-7-17(13-18)21-23-20(24-26-21)16-9-11-19(12-10-16)25-14-15-5-2-1-3-6-15/h1-13H,14,22H2.